The highest BCUT2D eigenvalue weighted by molar-refractivity contribution is 7.77. The number of rotatable bonds is 9. The van der Waals surface area contributed by atoms with Gasteiger partial charge in [0.15, 0.2) is 6.29 Å². The van der Waals surface area contributed by atoms with E-state index in [0.717, 1.165) is 12.8 Å². The molecular formula is C31H33Cl2N3O6S. The lowest BCUT2D eigenvalue weighted by Crippen LogP contribution is -2.58. The summed E-state index contributed by atoms with van der Waals surface area (Å²) in [7, 11) is 1.39. The minimum absolute atomic E-state index is 0.0974. The van der Waals surface area contributed by atoms with Gasteiger partial charge in [-0.2, -0.15) is 0 Å². The van der Waals surface area contributed by atoms with Crippen molar-refractivity contribution in [3.63, 3.8) is 0 Å². The third-order valence-electron chi connectivity index (χ3n) is 8.28. The molecule has 3 aromatic carbocycles. The number of aliphatic hydroxyl groups is 1. The maximum Gasteiger partial charge on any atom is 0.255 e. The van der Waals surface area contributed by atoms with E-state index in [4.69, 9.17) is 27.9 Å². The average Bonchev–Trinajstić information content (AvgIpc) is 3.00. The van der Waals surface area contributed by atoms with Crippen LogP contribution in [0, 0.1) is 0 Å². The molecule has 1 aliphatic carbocycles. The predicted molar refractivity (Wildman–Crippen MR) is 165 cm³/mol. The van der Waals surface area contributed by atoms with Crippen molar-refractivity contribution in [2.45, 2.75) is 62.6 Å². The SMILES string of the molecule is COC(O)c1ccccc1CNC(=O)[C@@H]1c2ccccc2C(=O)N(C2CCCC[C@@H]2NS(=O)O)[C@H]1c1ccc(Cl)cc1Cl. The van der Waals surface area contributed by atoms with E-state index in [1.807, 2.05) is 0 Å². The molecule has 3 aromatic rings. The second-order valence-electron chi connectivity index (χ2n) is 10.7. The van der Waals surface area contributed by atoms with E-state index in [1.54, 1.807) is 71.6 Å². The number of amides is 2. The lowest BCUT2D eigenvalue weighted by Gasteiger charge is -2.49. The van der Waals surface area contributed by atoms with Crippen molar-refractivity contribution in [1.29, 1.82) is 0 Å². The minimum atomic E-state index is -2.30. The highest BCUT2D eigenvalue weighted by Crippen LogP contribution is 2.48. The van der Waals surface area contributed by atoms with Crippen LogP contribution >= 0.6 is 23.2 Å². The van der Waals surface area contributed by atoms with Crippen LogP contribution in [0.2, 0.25) is 10.0 Å². The molecule has 228 valence electrons. The summed E-state index contributed by atoms with van der Waals surface area (Å²) in [5, 5.41) is 14.1. The molecule has 1 heterocycles. The van der Waals surface area contributed by atoms with Gasteiger partial charge in [-0.15, -0.1) is 0 Å². The Morgan fingerprint density at radius 1 is 1.07 bits per heavy atom. The van der Waals surface area contributed by atoms with Crippen LogP contribution in [0.1, 0.15) is 76.5 Å². The Hall–Kier alpha value is -2.83. The van der Waals surface area contributed by atoms with Crippen LogP contribution in [0.25, 0.3) is 0 Å². The van der Waals surface area contributed by atoms with Crippen LogP contribution in [0.3, 0.4) is 0 Å². The molecule has 6 atom stereocenters. The third-order valence-corrected chi connectivity index (χ3v) is 9.34. The molecule has 2 amide bonds. The molecule has 1 fully saturated rings. The summed E-state index contributed by atoms with van der Waals surface area (Å²) in [5.41, 5.74) is 2.67. The van der Waals surface area contributed by atoms with Crippen molar-refractivity contribution in [3.8, 4) is 0 Å². The van der Waals surface area contributed by atoms with Gasteiger partial charge < -0.3 is 20.1 Å². The maximum atomic E-state index is 14.3. The standard InChI is InChI=1S/C31H33Cl2N3O6S/c1-42-31(39)20-9-3-2-8-18(20)17-34-29(37)27-21-10-4-5-11-22(21)30(38)36(26-13-7-6-12-25(26)35-43(40)41)28(27)23-15-14-19(32)16-24(23)33/h2-5,8-11,14-16,25-28,31,35,39H,6-7,12-13,17H2,1H3,(H,34,37)(H,40,41)/t25-,26?,27+,28-,31?/m0/s1. The van der Waals surface area contributed by atoms with E-state index in [1.165, 1.54) is 7.11 Å². The van der Waals surface area contributed by atoms with Crippen LogP contribution in [0.4, 0.5) is 0 Å². The summed E-state index contributed by atoms with van der Waals surface area (Å²) in [6.45, 7) is 0.0974. The Morgan fingerprint density at radius 2 is 1.79 bits per heavy atom. The van der Waals surface area contributed by atoms with Crippen LogP contribution in [0.5, 0.6) is 0 Å². The summed E-state index contributed by atoms with van der Waals surface area (Å²) in [6.07, 6.45) is 1.63. The lowest BCUT2D eigenvalue weighted by molar-refractivity contribution is -0.124. The monoisotopic (exact) mass is 645 g/mol. The van der Waals surface area contributed by atoms with Gasteiger partial charge in [0, 0.05) is 46.9 Å². The largest absolute Gasteiger partial charge is 0.364 e. The van der Waals surface area contributed by atoms with Crippen molar-refractivity contribution in [1.82, 2.24) is 14.9 Å². The number of hydrogen-bond acceptors (Lipinski definition) is 5. The van der Waals surface area contributed by atoms with Gasteiger partial charge >= 0.3 is 0 Å². The molecule has 0 saturated heterocycles. The first kappa shape index (κ1) is 31.6. The molecule has 0 spiro atoms. The van der Waals surface area contributed by atoms with Crippen molar-refractivity contribution in [2.24, 2.45) is 0 Å². The molecule has 0 radical (unpaired) electrons. The normalized spacial score (nSPS) is 23.4. The second kappa shape index (κ2) is 13.9. The Kier molecular flexibility index (Phi) is 10.2. The Morgan fingerprint density at radius 3 is 2.53 bits per heavy atom. The quantitative estimate of drug-likeness (QED) is 0.186. The van der Waals surface area contributed by atoms with Gasteiger partial charge in [0.1, 0.15) is 0 Å². The number of benzene rings is 3. The molecule has 2 aliphatic rings. The van der Waals surface area contributed by atoms with Crippen molar-refractivity contribution in [3.05, 3.63) is 105 Å². The molecule has 4 N–H and O–H groups in total. The second-order valence-corrected chi connectivity index (χ2v) is 12.3. The fraction of sp³-hybridized carbons (Fsp3) is 0.355. The van der Waals surface area contributed by atoms with Gasteiger partial charge in [0.2, 0.25) is 17.2 Å². The number of ether oxygens (including phenoxy) is 1. The van der Waals surface area contributed by atoms with Gasteiger partial charge in [-0.3, -0.25) is 14.1 Å². The van der Waals surface area contributed by atoms with Crippen LogP contribution in [-0.4, -0.2) is 49.8 Å². The van der Waals surface area contributed by atoms with Gasteiger partial charge in [0.25, 0.3) is 5.91 Å². The predicted octanol–water partition coefficient (Wildman–Crippen LogP) is 5.27. The van der Waals surface area contributed by atoms with E-state index in [2.05, 4.69) is 10.0 Å². The minimum Gasteiger partial charge on any atom is -0.364 e. The Bertz CT molecular complexity index is 1520. The molecule has 5 rings (SSSR count). The van der Waals surface area contributed by atoms with Crippen LogP contribution in [-0.2, 0) is 27.3 Å². The number of carbonyl (C=O) groups excluding carboxylic acids is 2. The summed E-state index contributed by atoms with van der Waals surface area (Å²) in [6, 6.07) is 17.3. The van der Waals surface area contributed by atoms with Crippen LogP contribution < -0.4 is 10.0 Å². The van der Waals surface area contributed by atoms with Crippen molar-refractivity contribution >= 4 is 46.3 Å². The zero-order valence-corrected chi connectivity index (χ0v) is 25.7. The molecule has 0 aromatic heterocycles. The van der Waals surface area contributed by atoms with E-state index in [-0.39, 0.29) is 18.4 Å². The maximum absolute atomic E-state index is 14.3. The highest BCUT2D eigenvalue weighted by Gasteiger charge is 2.49. The number of aliphatic hydroxyl groups excluding tert-OH is 1. The summed E-state index contributed by atoms with van der Waals surface area (Å²) in [4.78, 5) is 30.3. The van der Waals surface area contributed by atoms with Gasteiger partial charge in [-0.25, -0.2) is 8.93 Å². The Labute approximate surface area is 262 Å². The molecular weight excluding hydrogens is 613 g/mol. The third kappa shape index (κ3) is 6.66. The van der Waals surface area contributed by atoms with Gasteiger partial charge in [-0.1, -0.05) is 84.6 Å². The number of methoxy groups -OCH3 is 1. The number of carbonyl (C=O) groups is 2. The van der Waals surface area contributed by atoms with E-state index >= 15 is 0 Å². The number of nitrogens with one attached hydrogen (secondary N) is 2. The summed E-state index contributed by atoms with van der Waals surface area (Å²) < 4.78 is 29.4. The Balaban J connectivity index is 1.62. The molecule has 1 saturated carbocycles. The van der Waals surface area contributed by atoms with E-state index in [9.17, 15) is 23.5 Å². The first-order valence-electron chi connectivity index (χ1n) is 14.0. The molecule has 9 nitrogen and oxygen atoms in total. The number of halogens is 2. The van der Waals surface area contributed by atoms with Crippen molar-refractivity contribution < 1.29 is 28.2 Å². The zero-order valence-electron chi connectivity index (χ0n) is 23.4. The average molecular weight is 647 g/mol. The first-order chi connectivity index (χ1) is 20.7. The van der Waals surface area contributed by atoms with Gasteiger partial charge in [0.05, 0.1) is 12.0 Å². The summed E-state index contributed by atoms with van der Waals surface area (Å²) >= 11 is 10.7. The number of nitrogens with zero attached hydrogens (tertiary/aromatic N) is 1. The number of fused-ring (bicyclic) bond motifs is 1. The smallest absolute Gasteiger partial charge is 0.255 e. The van der Waals surface area contributed by atoms with E-state index < -0.39 is 41.6 Å². The molecule has 0 bridgehead atoms. The molecule has 43 heavy (non-hydrogen) atoms. The lowest BCUT2D eigenvalue weighted by atomic mass is 9.76. The molecule has 1 aliphatic heterocycles. The molecule has 3 unspecified atom stereocenters. The zero-order chi connectivity index (χ0) is 30.7. The van der Waals surface area contributed by atoms with Crippen molar-refractivity contribution in [2.75, 3.05) is 7.11 Å². The van der Waals surface area contributed by atoms with Gasteiger partial charge in [-0.05, 0) is 47.7 Å². The fourth-order valence-electron chi connectivity index (χ4n) is 6.34. The summed E-state index contributed by atoms with van der Waals surface area (Å²) in [5.74, 6) is -1.52. The molecule has 12 heteroatoms. The van der Waals surface area contributed by atoms with Crippen LogP contribution in [0.15, 0.2) is 66.7 Å². The topological polar surface area (TPSA) is 128 Å². The number of hydrogen-bond donors (Lipinski definition) is 4. The highest BCUT2D eigenvalue weighted by atomic mass is 35.5. The van der Waals surface area contributed by atoms with E-state index in [0.29, 0.717) is 50.7 Å². The first-order valence-corrected chi connectivity index (χ1v) is 15.9. The fourth-order valence-corrected chi connectivity index (χ4v) is 7.39.